The Labute approximate surface area is 161 Å². The number of nitrogens with zero attached hydrogens (tertiary/aromatic N) is 1. The van der Waals surface area contributed by atoms with Crippen molar-refractivity contribution in [2.45, 2.75) is 13.2 Å². The summed E-state index contributed by atoms with van der Waals surface area (Å²) in [6.07, 6.45) is 1.00. The Morgan fingerprint density at radius 1 is 1.04 bits per heavy atom. The van der Waals surface area contributed by atoms with Crippen molar-refractivity contribution in [3.05, 3.63) is 53.1 Å². The number of hydrogen-bond donors (Lipinski definition) is 1. The molecule has 0 bridgehead atoms. The third-order valence-corrected chi connectivity index (χ3v) is 3.25. The number of benzene rings is 2. The van der Waals surface area contributed by atoms with Gasteiger partial charge in [-0.25, -0.2) is 5.43 Å². The molecule has 0 fully saturated rings. The fraction of sp³-hybridized carbons (Fsp3) is 0.176. The zero-order valence-corrected chi connectivity index (χ0v) is 14.7. The molecule has 150 valence electrons. The first kappa shape index (κ1) is 21.3. The number of carbonyl (C=O) groups excluding carboxylic acids is 1. The van der Waals surface area contributed by atoms with E-state index in [1.165, 1.54) is 0 Å². The monoisotopic (exact) mass is 420 g/mol. The predicted molar refractivity (Wildman–Crippen MR) is 92.4 cm³/mol. The summed E-state index contributed by atoms with van der Waals surface area (Å²) in [7, 11) is 0. The van der Waals surface area contributed by atoms with E-state index < -0.39 is 24.9 Å². The molecular formula is C17H13ClF4N2O4. The van der Waals surface area contributed by atoms with E-state index in [2.05, 4.69) is 20.0 Å². The van der Waals surface area contributed by atoms with Gasteiger partial charge in [-0.2, -0.15) is 22.7 Å². The van der Waals surface area contributed by atoms with Gasteiger partial charge in [0.05, 0.1) is 6.21 Å². The van der Waals surface area contributed by atoms with Crippen molar-refractivity contribution in [3.8, 4) is 17.2 Å². The zero-order valence-electron chi connectivity index (χ0n) is 14.0. The molecule has 0 unspecified atom stereocenters. The number of rotatable bonds is 9. The van der Waals surface area contributed by atoms with Gasteiger partial charge in [0.25, 0.3) is 5.91 Å². The minimum Gasteiger partial charge on any atom is -0.484 e. The Kier molecular flexibility index (Phi) is 7.88. The van der Waals surface area contributed by atoms with E-state index in [4.69, 9.17) is 16.3 Å². The molecule has 2 rings (SSSR count). The molecule has 0 radical (unpaired) electrons. The first-order valence-corrected chi connectivity index (χ1v) is 7.95. The Bertz CT molecular complexity index is 819. The van der Waals surface area contributed by atoms with E-state index in [1.54, 1.807) is 24.3 Å². The lowest BCUT2D eigenvalue weighted by Crippen LogP contribution is -2.24. The second-order valence-electron chi connectivity index (χ2n) is 4.99. The summed E-state index contributed by atoms with van der Waals surface area (Å²) in [5.74, 6) is -1.04. The number of halogens is 5. The predicted octanol–water partition coefficient (Wildman–Crippen LogP) is 4.07. The van der Waals surface area contributed by atoms with Crippen LogP contribution in [0.15, 0.2) is 47.6 Å². The van der Waals surface area contributed by atoms with Gasteiger partial charge in [-0.05, 0) is 36.4 Å². The first-order valence-electron chi connectivity index (χ1n) is 7.57. The molecule has 0 saturated carbocycles. The van der Waals surface area contributed by atoms with E-state index in [1.807, 2.05) is 0 Å². The van der Waals surface area contributed by atoms with Gasteiger partial charge in [0, 0.05) is 16.7 Å². The number of alkyl halides is 4. The van der Waals surface area contributed by atoms with Crippen molar-refractivity contribution in [2.24, 2.45) is 5.10 Å². The second kappa shape index (κ2) is 10.4. The number of hydrogen-bond acceptors (Lipinski definition) is 5. The maximum Gasteiger partial charge on any atom is 0.387 e. The van der Waals surface area contributed by atoms with Gasteiger partial charge in [0.15, 0.2) is 6.61 Å². The van der Waals surface area contributed by atoms with Crippen LogP contribution in [0.4, 0.5) is 17.6 Å². The van der Waals surface area contributed by atoms with Gasteiger partial charge in [-0.1, -0.05) is 11.6 Å². The third kappa shape index (κ3) is 7.31. The topological polar surface area (TPSA) is 69.2 Å². The number of hydrazone groups is 1. The molecule has 6 nitrogen and oxygen atoms in total. The maximum atomic E-state index is 12.5. The molecule has 2 aromatic rings. The molecular weight excluding hydrogens is 408 g/mol. The molecule has 0 aliphatic heterocycles. The van der Waals surface area contributed by atoms with Gasteiger partial charge in [-0.15, -0.1) is 0 Å². The van der Waals surface area contributed by atoms with E-state index in [9.17, 15) is 22.4 Å². The van der Waals surface area contributed by atoms with Gasteiger partial charge >= 0.3 is 13.2 Å². The average molecular weight is 421 g/mol. The smallest absolute Gasteiger partial charge is 0.387 e. The summed E-state index contributed by atoms with van der Waals surface area (Å²) >= 11 is 5.72. The van der Waals surface area contributed by atoms with Crippen molar-refractivity contribution in [3.63, 3.8) is 0 Å². The van der Waals surface area contributed by atoms with Gasteiger partial charge in [0.2, 0.25) is 0 Å². The molecule has 0 spiro atoms. The molecule has 0 heterocycles. The number of amides is 1. The van der Waals surface area contributed by atoms with Gasteiger partial charge < -0.3 is 14.2 Å². The zero-order chi connectivity index (χ0) is 20.5. The van der Waals surface area contributed by atoms with E-state index in [0.29, 0.717) is 10.8 Å². The first-order chi connectivity index (χ1) is 13.3. The normalized spacial score (nSPS) is 11.1. The number of ether oxygens (including phenoxy) is 3. The highest BCUT2D eigenvalue weighted by Crippen LogP contribution is 2.26. The Balaban J connectivity index is 1.95. The number of nitrogens with one attached hydrogen (secondary N) is 1. The molecule has 1 amide bonds. The number of carbonyl (C=O) groups is 1. The van der Waals surface area contributed by atoms with Crippen LogP contribution in [0, 0.1) is 0 Å². The van der Waals surface area contributed by atoms with Crippen LogP contribution in [-0.2, 0) is 4.79 Å². The summed E-state index contributed by atoms with van der Waals surface area (Å²) in [5.41, 5.74) is 2.13. The summed E-state index contributed by atoms with van der Waals surface area (Å²) in [6.45, 7) is -6.68. The highest BCUT2D eigenvalue weighted by molar-refractivity contribution is 6.30. The van der Waals surface area contributed by atoms with Crippen molar-refractivity contribution in [2.75, 3.05) is 6.61 Å². The summed E-state index contributed by atoms with van der Waals surface area (Å²) in [4.78, 5) is 11.7. The van der Waals surface area contributed by atoms with E-state index in [0.717, 1.165) is 24.4 Å². The molecule has 1 N–H and O–H groups in total. The SMILES string of the molecule is O=C(COc1ccc(Cl)cc1)N/N=C/c1ccc(OC(F)F)cc1OC(F)F. The lowest BCUT2D eigenvalue weighted by atomic mass is 10.2. The fourth-order valence-electron chi connectivity index (χ4n) is 1.88. The fourth-order valence-corrected chi connectivity index (χ4v) is 2.01. The molecule has 0 atom stereocenters. The van der Waals surface area contributed by atoms with Crippen molar-refractivity contribution in [1.82, 2.24) is 5.43 Å². The highest BCUT2D eigenvalue weighted by atomic mass is 35.5. The molecule has 0 aromatic heterocycles. The second-order valence-corrected chi connectivity index (χ2v) is 5.43. The van der Waals surface area contributed by atoms with Crippen LogP contribution in [0.3, 0.4) is 0 Å². The summed E-state index contributed by atoms with van der Waals surface area (Å²) < 4.78 is 63.0. The van der Waals surface area contributed by atoms with Gasteiger partial charge in [0.1, 0.15) is 17.2 Å². The highest BCUT2D eigenvalue weighted by Gasteiger charge is 2.12. The minimum atomic E-state index is -3.20. The molecule has 0 aliphatic rings. The lowest BCUT2D eigenvalue weighted by molar-refractivity contribution is -0.123. The van der Waals surface area contributed by atoms with Crippen LogP contribution < -0.4 is 19.6 Å². The molecule has 28 heavy (non-hydrogen) atoms. The van der Waals surface area contributed by atoms with Crippen molar-refractivity contribution < 1.29 is 36.6 Å². The van der Waals surface area contributed by atoms with Crippen LogP contribution >= 0.6 is 11.6 Å². The minimum absolute atomic E-state index is 0.000774. The molecule has 0 aliphatic carbocycles. The van der Waals surface area contributed by atoms with Gasteiger partial charge in [-0.3, -0.25) is 4.79 Å². The Hall–Kier alpha value is -3.01. The van der Waals surface area contributed by atoms with E-state index >= 15 is 0 Å². The standard InChI is InChI=1S/C17H13ClF4N2O4/c18-11-2-5-12(6-3-11)26-9-15(25)24-23-8-10-1-4-13(27-16(19)20)7-14(10)28-17(21)22/h1-8,16-17H,9H2,(H,24,25)/b23-8+. The molecule has 2 aromatic carbocycles. The van der Waals surface area contributed by atoms with Crippen LogP contribution in [-0.4, -0.2) is 32.0 Å². The summed E-state index contributed by atoms with van der Waals surface area (Å²) in [6, 6.07) is 9.42. The summed E-state index contributed by atoms with van der Waals surface area (Å²) in [5, 5.41) is 4.09. The third-order valence-electron chi connectivity index (χ3n) is 3.00. The van der Waals surface area contributed by atoms with Crippen LogP contribution in [0.1, 0.15) is 5.56 Å². The van der Waals surface area contributed by atoms with Crippen LogP contribution in [0.25, 0.3) is 0 Å². The average Bonchev–Trinajstić information content (AvgIpc) is 2.62. The molecule has 11 heteroatoms. The Morgan fingerprint density at radius 3 is 2.32 bits per heavy atom. The largest absolute Gasteiger partial charge is 0.484 e. The lowest BCUT2D eigenvalue weighted by Gasteiger charge is -2.10. The maximum absolute atomic E-state index is 12.5. The Morgan fingerprint density at radius 2 is 1.68 bits per heavy atom. The van der Waals surface area contributed by atoms with E-state index in [-0.39, 0.29) is 17.9 Å². The molecule has 0 saturated heterocycles. The van der Waals surface area contributed by atoms with Crippen LogP contribution in [0.2, 0.25) is 5.02 Å². The van der Waals surface area contributed by atoms with Crippen molar-refractivity contribution in [1.29, 1.82) is 0 Å². The quantitative estimate of drug-likeness (QED) is 0.377. The van der Waals surface area contributed by atoms with Crippen LogP contribution in [0.5, 0.6) is 17.2 Å². The van der Waals surface area contributed by atoms with Crippen molar-refractivity contribution >= 4 is 23.7 Å².